The van der Waals surface area contributed by atoms with Crippen molar-refractivity contribution < 1.29 is 41.0 Å². The van der Waals surface area contributed by atoms with Crippen molar-refractivity contribution in [1.82, 2.24) is 0 Å². The summed E-state index contributed by atoms with van der Waals surface area (Å²) in [6, 6.07) is 8.28. The Balaban J connectivity index is 0.000000668. The summed E-state index contributed by atoms with van der Waals surface area (Å²) in [4.78, 5) is 1.53. The average Bonchev–Trinajstić information content (AvgIpc) is 2.65. The molecule has 5 nitrogen and oxygen atoms in total. The number of fused-ring (bicyclic) bond motifs is 2. The Labute approximate surface area is 225 Å². The molecule has 0 atom stereocenters. The van der Waals surface area contributed by atoms with Gasteiger partial charge in [-0.25, -0.2) is 0 Å². The van der Waals surface area contributed by atoms with E-state index in [1.165, 1.54) is 0 Å². The van der Waals surface area contributed by atoms with E-state index in [0.29, 0.717) is 0 Å². The first-order valence-electron chi connectivity index (χ1n) is 12.0. The summed E-state index contributed by atoms with van der Waals surface area (Å²) < 4.78 is 26.1. The van der Waals surface area contributed by atoms with Gasteiger partial charge >= 0.3 is 176 Å². The van der Waals surface area contributed by atoms with Crippen LogP contribution in [0.15, 0.2) is 34.1 Å². The van der Waals surface area contributed by atoms with Gasteiger partial charge in [0.25, 0.3) is 0 Å². The van der Waals surface area contributed by atoms with E-state index in [0.717, 1.165) is 43.5 Å². The molecule has 0 spiro atoms. The van der Waals surface area contributed by atoms with Crippen LogP contribution in [0.4, 0.5) is 0 Å². The topological polar surface area (TPSA) is 81.7 Å². The molecule has 0 saturated heterocycles. The minimum atomic E-state index is -1.36. The van der Waals surface area contributed by atoms with E-state index in [-0.39, 0.29) is 10.8 Å². The van der Waals surface area contributed by atoms with Gasteiger partial charge in [-0.15, -0.1) is 12.2 Å². The molecular weight excluding hydrogens is 496 g/mol. The Morgan fingerprint density at radius 1 is 0.714 bits per heavy atom. The van der Waals surface area contributed by atoms with Gasteiger partial charge < -0.3 is 10.2 Å². The third kappa shape index (κ3) is 9.66. The van der Waals surface area contributed by atoms with Crippen LogP contribution in [0.2, 0.25) is 0 Å². The predicted octanol–water partition coefficient (Wildman–Crippen LogP) is 5.26. The molecule has 3 rings (SSSR count). The molecule has 0 fully saturated rings. The summed E-state index contributed by atoms with van der Waals surface area (Å²) in [6.45, 7) is 23.5. The van der Waals surface area contributed by atoms with Crippen LogP contribution < -0.4 is 16.8 Å². The molecule has 1 aliphatic rings. The molecule has 7 heteroatoms. The zero-order valence-electron chi connectivity index (χ0n) is 23.4. The summed E-state index contributed by atoms with van der Waals surface area (Å²) >= 11 is -1.16. The first-order chi connectivity index (χ1) is 15.9. The Morgan fingerprint density at radius 2 is 1.00 bits per heavy atom. The molecule has 35 heavy (non-hydrogen) atoms. The van der Waals surface area contributed by atoms with E-state index in [1.54, 1.807) is 27.7 Å². The molecular formula is C28H42O5STi. The molecule has 0 saturated carbocycles. The van der Waals surface area contributed by atoms with Crippen LogP contribution in [-0.2, 0) is 41.6 Å². The van der Waals surface area contributed by atoms with E-state index in [1.807, 2.05) is 12.1 Å². The maximum atomic E-state index is 13.7. The van der Waals surface area contributed by atoms with Crippen LogP contribution in [0.3, 0.4) is 0 Å². The first-order valence-corrected chi connectivity index (χ1v) is 14.4. The van der Waals surface area contributed by atoms with Gasteiger partial charge in [0, 0.05) is 0 Å². The standard InChI is InChI=1S/C22H30O3S.2C3H7O.Ti/c1-13-9-15(21(3,4)5)19(23)17(11-13)26(25)18-12-14(2)10-16(20(18)24)22(6,7)8;2*1-3(2)4;/h9-12,23-24H,1-8H3;2*3H,1-2H3;/q;2*-1;+4/p-2. The van der Waals surface area contributed by atoms with E-state index in [4.69, 9.17) is 6.64 Å². The number of rotatable bonds is 0. The summed E-state index contributed by atoms with van der Waals surface area (Å²) in [6.07, 6.45) is -0.833. The number of hydrogen-bond donors (Lipinski definition) is 0. The van der Waals surface area contributed by atoms with Crippen LogP contribution in [0.5, 0.6) is 11.5 Å². The van der Waals surface area contributed by atoms with Crippen molar-refractivity contribution in [3.8, 4) is 11.5 Å². The van der Waals surface area contributed by atoms with E-state index in [9.17, 15) is 14.4 Å². The van der Waals surface area contributed by atoms with Gasteiger partial charge in [-0.1, -0.05) is 27.7 Å². The molecule has 194 valence electrons. The Bertz CT molecular complexity index is 932. The molecule has 0 radical (unpaired) electrons. The molecule has 0 bridgehead atoms. The second kappa shape index (κ2) is 12.9. The van der Waals surface area contributed by atoms with Gasteiger partial charge in [0.2, 0.25) is 0 Å². The summed E-state index contributed by atoms with van der Waals surface area (Å²) in [5.41, 5.74) is 4.18. The Kier molecular flexibility index (Phi) is 11.7. The zero-order valence-corrected chi connectivity index (χ0v) is 25.8. The van der Waals surface area contributed by atoms with Crippen molar-refractivity contribution in [2.45, 2.75) is 116 Å². The third-order valence-electron chi connectivity index (χ3n) is 4.70. The number of aryl methyl sites for hydroxylation is 2. The molecule has 0 N–H and O–H groups in total. The molecule has 0 aromatic heterocycles. The summed E-state index contributed by atoms with van der Waals surface area (Å²) in [7, 11) is -1.36. The number of benzene rings is 2. The summed E-state index contributed by atoms with van der Waals surface area (Å²) in [5, 5.41) is 19.1. The molecule has 1 heterocycles. The van der Waals surface area contributed by atoms with Gasteiger partial charge in [-0.05, 0) is 0 Å². The Hall–Kier alpha value is -1.18. The fourth-order valence-electron chi connectivity index (χ4n) is 3.30. The van der Waals surface area contributed by atoms with Crippen molar-refractivity contribution in [2.75, 3.05) is 0 Å². The fraction of sp³-hybridized carbons (Fsp3) is 0.571. The van der Waals surface area contributed by atoms with Gasteiger partial charge in [0.15, 0.2) is 0 Å². The van der Waals surface area contributed by atoms with Crippen molar-refractivity contribution in [3.05, 3.63) is 46.5 Å². The van der Waals surface area contributed by atoms with Crippen LogP contribution >= 0.6 is 0 Å². The molecule has 0 amide bonds. The SMILES string of the molecule is CC(C)[O-].CC(C)[O-].Cc1cc2c(c(C(C)(C)C)c1)[O][Ti+2][O]c1c(cc(C)cc1C(C)(C)C)S2=O. The van der Waals surface area contributed by atoms with Gasteiger partial charge in [-0.2, -0.15) is 0 Å². The van der Waals surface area contributed by atoms with Gasteiger partial charge in [-0.3, -0.25) is 0 Å². The normalized spacial score (nSPS) is 13.3. The monoisotopic (exact) mass is 538 g/mol. The predicted molar refractivity (Wildman–Crippen MR) is 136 cm³/mol. The van der Waals surface area contributed by atoms with Crippen molar-refractivity contribution in [2.24, 2.45) is 0 Å². The Morgan fingerprint density at radius 3 is 1.26 bits per heavy atom. The first kappa shape index (κ1) is 31.9. The van der Waals surface area contributed by atoms with Crippen molar-refractivity contribution in [1.29, 1.82) is 0 Å². The molecule has 0 aliphatic carbocycles. The van der Waals surface area contributed by atoms with Crippen LogP contribution in [0.1, 0.15) is 91.5 Å². The summed E-state index contributed by atoms with van der Waals surface area (Å²) in [5.74, 6) is 1.49. The second-order valence-corrected chi connectivity index (χ2v) is 13.7. The maximum absolute atomic E-state index is 13.7. The van der Waals surface area contributed by atoms with E-state index in [2.05, 4.69) is 67.5 Å². The van der Waals surface area contributed by atoms with Crippen molar-refractivity contribution in [3.63, 3.8) is 0 Å². The molecule has 2 aromatic rings. The fourth-order valence-corrected chi connectivity index (χ4v) is 6.01. The third-order valence-corrected chi connectivity index (χ3v) is 7.00. The van der Waals surface area contributed by atoms with Gasteiger partial charge in [0.1, 0.15) is 0 Å². The van der Waals surface area contributed by atoms with Crippen LogP contribution in [0, 0.1) is 13.8 Å². The molecule has 2 aromatic carbocycles. The number of hydrogen-bond acceptors (Lipinski definition) is 5. The van der Waals surface area contributed by atoms with Gasteiger partial charge in [0.05, 0.1) is 0 Å². The minimum absolute atomic E-state index is 0.0995. The van der Waals surface area contributed by atoms with E-state index >= 15 is 0 Å². The second-order valence-electron chi connectivity index (χ2n) is 11.4. The van der Waals surface area contributed by atoms with Crippen molar-refractivity contribution >= 4 is 10.8 Å². The van der Waals surface area contributed by atoms with Crippen LogP contribution in [0.25, 0.3) is 0 Å². The average molecular weight is 539 g/mol. The van der Waals surface area contributed by atoms with E-state index < -0.39 is 42.9 Å². The van der Waals surface area contributed by atoms with Crippen LogP contribution in [-0.4, -0.2) is 16.4 Å². The quantitative estimate of drug-likeness (QED) is 0.428. The zero-order chi connectivity index (χ0) is 27.3. The molecule has 1 aliphatic heterocycles. The molecule has 0 unspecified atom stereocenters.